The number of pyridine rings is 1. The van der Waals surface area contributed by atoms with E-state index in [0.29, 0.717) is 22.5 Å². The van der Waals surface area contributed by atoms with E-state index in [1.807, 2.05) is 25.3 Å². The molecule has 0 bridgehead atoms. The third-order valence-corrected chi connectivity index (χ3v) is 4.93. The van der Waals surface area contributed by atoms with Crippen LogP contribution in [-0.4, -0.2) is 17.1 Å². The predicted octanol–water partition coefficient (Wildman–Crippen LogP) is 4.63. The van der Waals surface area contributed by atoms with E-state index in [0.717, 1.165) is 15.8 Å². The number of aryl methyl sites for hydroxylation is 1. The van der Waals surface area contributed by atoms with Gasteiger partial charge in [-0.15, -0.1) is 11.8 Å². The highest BCUT2D eigenvalue weighted by molar-refractivity contribution is 7.98. The van der Waals surface area contributed by atoms with E-state index in [2.05, 4.69) is 16.4 Å². The molecule has 3 aromatic rings. The first-order valence-electron chi connectivity index (χ1n) is 7.69. The van der Waals surface area contributed by atoms with Crippen molar-refractivity contribution in [1.29, 1.82) is 5.26 Å². The Kier molecular flexibility index (Phi) is 5.03. The molecule has 0 fully saturated rings. The van der Waals surface area contributed by atoms with Gasteiger partial charge < -0.3 is 11.1 Å². The number of carbonyl (C=O) groups excluding carboxylic acids is 1. The van der Waals surface area contributed by atoms with E-state index < -0.39 is 5.91 Å². The Hall–Kier alpha value is -2.75. The number of fused-ring (bicyclic) bond motifs is 1. The highest BCUT2D eigenvalue weighted by Crippen LogP contribution is 2.36. The third-order valence-electron chi connectivity index (χ3n) is 3.95. The molecule has 3 rings (SSSR count). The highest BCUT2D eigenvalue weighted by Gasteiger charge is 2.20. The van der Waals surface area contributed by atoms with Crippen molar-refractivity contribution in [3.8, 4) is 6.07 Å². The number of anilines is 2. The molecule has 1 amide bonds. The number of thioether (sulfide) groups is 1. The summed E-state index contributed by atoms with van der Waals surface area (Å²) in [6.07, 6.45) is 1.97. The maximum absolute atomic E-state index is 12.0. The summed E-state index contributed by atoms with van der Waals surface area (Å²) in [5.41, 5.74) is 8.97. The minimum Gasteiger partial charge on any atom is -0.365 e. The lowest BCUT2D eigenvalue weighted by Gasteiger charge is -2.16. The topological polar surface area (TPSA) is 91.8 Å². The summed E-state index contributed by atoms with van der Waals surface area (Å²) in [5, 5.41) is 13.1. The van der Waals surface area contributed by atoms with E-state index in [9.17, 15) is 4.79 Å². The molecular formula is C19H15ClN4OS. The molecule has 0 spiro atoms. The van der Waals surface area contributed by atoms with Crippen molar-refractivity contribution in [3.05, 3.63) is 58.2 Å². The van der Waals surface area contributed by atoms with Crippen LogP contribution in [0.15, 0.2) is 41.3 Å². The lowest BCUT2D eigenvalue weighted by Crippen LogP contribution is -2.15. The summed E-state index contributed by atoms with van der Waals surface area (Å²) >= 11 is 7.85. The minimum absolute atomic E-state index is 0.0453. The normalized spacial score (nSPS) is 10.5. The Labute approximate surface area is 160 Å². The fourth-order valence-corrected chi connectivity index (χ4v) is 3.56. The lowest BCUT2D eigenvalue weighted by molar-refractivity contribution is 0.100. The summed E-state index contributed by atoms with van der Waals surface area (Å²) in [7, 11) is 0. The number of amides is 1. The van der Waals surface area contributed by atoms with Crippen molar-refractivity contribution < 1.29 is 4.79 Å². The molecule has 0 saturated carbocycles. The van der Waals surface area contributed by atoms with Crippen LogP contribution in [0.3, 0.4) is 0 Å². The number of nitrogens with two attached hydrogens (primary N) is 1. The van der Waals surface area contributed by atoms with Crippen molar-refractivity contribution in [2.24, 2.45) is 5.73 Å². The predicted molar refractivity (Wildman–Crippen MR) is 106 cm³/mol. The summed E-state index contributed by atoms with van der Waals surface area (Å²) in [5.74, 6) is -0.671. The van der Waals surface area contributed by atoms with Gasteiger partial charge in [-0.1, -0.05) is 17.7 Å². The van der Waals surface area contributed by atoms with Gasteiger partial charge in [0, 0.05) is 16.0 Å². The molecule has 0 aliphatic carbocycles. The molecule has 7 heteroatoms. The van der Waals surface area contributed by atoms with Crippen LogP contribution < -0.4 is 11.1 Å². The first kappa shape index (κ1) is 18.1. The van der Waals surface area contributed by atoms with Gasteiger partial charge in [0.2, 0.25) is 0 Å². The zero-order valence-corrected chi connectivity index (χ0v) is 15.7. The van der Waals surface area contributed by atoms with E-state index >= 15 is 0 Å². The fraction of sp³-hybridized carbons (Fsp3) is 0.105. The molecular weight excluding hydrogens is 368 g/mol. The molecule has 5 nitrogen and oxygen atoms in total. The first-order chi connectivity index (χ1) is 12.4. The number of nitrogens with zero attached hydrogens (tertiary/aromatic N) is 2. The van der Waals surface area contributed by atoms with Crippen LogP contribution in [0.4, 0.5) is 11.4 Å². The van der Waals surface area contributed by atoms with Gasteiger partial charge in [0.15, 0.2) is 0 Å². The molecule has 0 aliphatic rings. The first-order valence-corrected chi connectivity index (χ1v) is 9.29. The van der Waals surface area contributed by atoms with Crippen molar-refractivity contribution in [1.82, 2.24) is 4.98 Å². The number of hydrogen-bond acceptors (Lipinski definition) is 5. The second-order valence-electron chi connectivity index (χ2n) is 5.67. The number of halogens is 1. The van der Waals surface area contributed by atoms with Crippen LogP contribution in [0.1, 0.15) is 21.5 Å². The molecule has 0 radical (unpaired) electrons. The van der Waals surface area contributed by atoms with Crippen LogP contribution in [0.25, 0.3) is 10.9 Å². The maximum atomic E-state index is 12.0. The molecule has 26 heavy (non-hydrogen) atoms. The Balaban J connectivity index is 2.32. The van der Waals surface area contributed by atoms with E-state index in [-0.39, 0.29) is 10.7 Å². The molecule has 0 atom stereocenters. The van der Waals surface area contributed by atoms with Crippen molar-refractivity contribution in [3.63, 3.8) is 0 Å². The van der Waals surface area contributed by atoms with E-state index in [1.54, 1.807) is 36.0 Å². The van der Waals surface area contributed by atoms with Gasteiger partial charge in [-0.3, -0.25) is 4.79 Å². The van der Waals surface area contributed by atoms with Crippen molar-refractivity contribution in [2.45, 2.75) is 11.8 Å². The van der Waals surface area contributed by atoms with Crippen LogP contribution in [0.5, 0.6) is 0 Å². The standard InChI is InChI=1S/C19H15ClN4OS/c1-10-6-13(26-2)8-14-16(10)24-18(20)15(19(22)25)17(14)23-12-5-3-4-11(7-12)9-21/h3-8H,1-2H3,(H2,22,25)(H,23,24). The smallest absolute Gasteiger partial charge is 0.253 e. The Morgan fingerprint density at radius 1 is 1.35 bits per heavy atom. The Morgan fingerprint density at radius 3 is 2.77 bits per heavy atom. The van der Waals surface area contributed by atoms with Crippen molar-refractivity contribution in [2.75, 3.05) is 11.6 Å². The summed E-state index contributed by atoms with van der Waals surface area (Å²) < 4.78 is 0. The summed E-state index contributed by atoms with van der Waals surface area (Å²) in [6.45, 7) is 1.94. The van der Waals surface area contributed by atoms with Gasteiger partial charge in [0.05, 0.1) is 22.8 Å². The molecule has 1 heterocycles. The van der Waals surface area contributed by atoms with Gasteiger partial charge in [-0.25, -0.2) is 4.98 Å². The SMILES string of the molecule is CSc1cc(C)c2nc(Cl)c(C(N)=O)c(Nc3cccc(C#N)c3)c2c1. The van der Waals surface area contributed by atoms with Gasteiger partial charge in [0.1, 0.15) is 10.7 Å². The van der Waals surface area contributed by atoms with E-state index in [4.69, 9.17) is 22.6 Å². The van der Waals surface area contributed by atoms with Crippen LogP contribution in [0.2, 0.25) is 5.15 Å². The molecule has 0 saturated heterocycles. The average Bonchev–Trinajstić information content (AvgIpc) is 2.62. The second kappa shape index (κ2) is 7.24. The number of primary amides is 1. The number of aromatic nitrogens is 1. The Bertz CT molecular complexity index is 1080. The lowest BCUT2D eigenvalue weighted by atomic mass is 10.0. The number of carbonyl (C=O) groups is 1. The summed E-state index contributed by atoms with van der Waals surface area (Å²) in [6, 6.07) is 13.0. The number of nitrogens with one attached hydrogen (secondary N) is 1. The third kappa shape index (κ3) is 3.32. The minimum atomic E-state index is -0.671. The second-order valence-corrected chi connectivity index (χ2v) is 6.91. The number of hydrogen-bond donors (Lipinski definition) is 2. The number of benzene rings is 2. The van der Waals surface area contributed by atoms with Gasteiger partial charge in [-0.05, 0) is 49.1 Å². The monoisotopic (exact) mass is 382 g/mol. The molecule has 1 aromatic heterocycles. The van der Waals surface area contributed by atoms with Crippen LogP contribution in [0, 0.1) is 18.3 Å². The average molecular weight is 383 g/mol. The highest BCUT2D eigenvalue weighted by atomic mass is 35.5. The fourth-order valence-electron chi connectivity index (χ4n) is 2.76. The molecule has 0 aliphatic heterocycles. The van der Waals surface area contributed by atoms with E-state index in [1.165, 1.54) is 0 Å². The number of nitriles is 1. The van der Waals surface area contributed by atoms with Crippen LogP contribution in [-0.2, 0) is 0 Å². The molecule has 3 N–H and O–H groups in total. The maximum Gasteiger partial charge on any atom is 0.253 e. The van der Waals surface area contributed by atoms with Gasteiger partial charge in [-0.2, -0.15) is 5.26 Å². The van der Waals surface area contributed by atoms with Crippen LogP contribution >= 0.6 is 23.4 Å². The molecule has 2 aromatic carbocycles. The molecule has 130 valence electrons. The molecule has 0 unspecified atom stereocenters. The largest absolute Gasteiger partial charge is 0.365 e. The summed E-state index contributed by atoms with van der Waals surface area (Å²) in [4.78, 5) is 17.4. The Morgan fingerprint density at radius 2 is 2.12 bits per heavy atom. The van der Waals surface area contributed by atoms with Gasteiger partial charge in [0.25, 0.3) is 5.91 Å². The number of rotatable bonds is 4. The van der Waals surface area contributed by atoms with Crippen molar-refractivity contribution >= 4 is 51.5 Å². The quantitative estimate of drug-likeness (QED) is 0.506. The zero-order valence-electron chi connectivity index (χ0n) is 14.1. The zero-order chi connectivity index (χ0) is 18.8. The van der Waals surface area contributed by atoms with Gasteiger partial charge >= 0.3 is 0 Å².